The molecule has 0 aliphatic heterocycles. The largest absolute Gasteiger partial charge is 0.481 e. The van der Waals surface area contributed by atoms with Gasteiger partial charge in [0.2, 0.25) is 0 Å². The molecule has 0 aliphatic rings. The molecule has 1 aromatic carbocycles. The first kappa shape index (κ1) is 13.0. The number of rotatable bonds is 4. The van der Waals surface area contributed by atoms with E-state index in [1.54, 1.807) is 12.1 Å². The molecule has 4 nitrogen and oxygen atoms in total. The summed E-state index contributed by atoms with van der Waals surface area (Å²) in [5.41, 5.74) is 1.78. The molecule has 0 aromatic heterocycles. The molecule has 0 amide bonds. The van der Waals surface area contributed by atoms with Gasteiger partial charge in [-0.05, 0) is 31.0 Å². The Hall–Kier alpha value is -2.10. The van der Waals surface area contributed by atoms with Crippen molar-refractivity contribution in [1.82, 2.24) is 0 Å². The van der Waals surface area contributed by atoms with Crippen LogP contribution in [0.15, 0.2) is 30.4 Å². The third-order valence-electron chi connectivity index (χ3n) is 2.41. The molecule has 0 spiro atoms. The predicted molar refractivity (Wildman–Crippen MR) is 62.9 cm³/mol. The van der Waals surface area contributed by atoms with Crippen molar-refractivity contribution < 1.29 is 19.4 Å². The molecule has 0 bridgehead atoms. The summed E-state index contributed by atoms with van der Waals surface area (Å²) in [5, 5.41) is 8.53. The first-order chi connectivity index (χ1) is 7.91. The second kappa shape index (κ2) is 5.30. The lowest BCUT2D eigenvalue weighted by Gasteiger charge is -2.09. The van der Waals surface area contributed by atoms with Crippen molar-refractivity contribution in [2.45, 2.75) is 20.3 Å². The zero-order chi connectivity index (χ0) is 13.0. The zero-order valence-corrected chi connectivity index (χ0v) is 9.82. The van der Waals surface area contributed by atoms with E-state index in [2.05, 4.69) is 6.58 Å². The van der Waals surface area contributed by atoms with E-state index < -0.39 is 18.4 Å². The Bertz CT molecular complexity index is 474. The minimum Gasteiger partial charge on any atom is -0.481 e. The summed E-state index contributed by atoms with van der Waals surface area (Å²) >= 11 is 0. The number of carboxylic acid groups (broad SMARTS) is 1. The number of carbonyl (C=O) groups excluding carboxylic acids is 1. The van der Waals surface area contributed by atoms with Crippen LogP contribution in [0.2, 0.25) is 0 Å². The SMILES string of the molecule is C=C(CC(=O)O)C(=O)Oc1cccc(C)c1C. The number of carbonyl (C=O) groups is 2. The van der Waals surface area contributed by atoms with E-state index in [0.29, 0.717) is 5.75 Å². The van der Waals surface area contributed by atoms with Crippen LogP contribution >= 0.6 is 0 Å². The molecule has 0 saturated carbocycles. The van der Waals surface area contributed by atoms with Crippen molar-refractivity contribution in [2.75, 3.05) is 0 Å². The second-order valence-corrected chi connectivity index (χ2v) is 3.76. The Balaban J connectivity index is 2.78. The fourth-order valence-electron chi connectivity index (χ4n) is 1.26. The molecular formula is C13H14O4. The molecule has 0 radical (unpaired) electrons. The summed E-state index contributed by atoms with van der Waals surface area (Å²) in [6, 6.07) is 5.33. The lowest BCUT2D eigenvalue weighted by Crippen LogP contribution is -2.14. The first-order valence-corrected chi connectivity index (χ1v) is 5.09. The van der Waals surface area contributed by atoms with Crippen LogP contribution in [0.3, 0.4) is 0 Å². The van der Waals surface area contributed by atoms with Gasteiger partial charge in [0.25, 0.3) is 0 Å². The van der Waals surface area contributed by atoms with Gasteiger partial charge in [0.1, 0.15) is 5.75 Å². The molecule has 4 heteroatoms. The number of hydrogen-bond donors (Lipinski definition) is 1. The number of aryl methyl sites for hydroxylation is 1. The molecule has 1 rings (SSSR count). The van der Waals surface area contributed by atoms with Crippen LogP contribution in [0.4, 0.5) is 0 Å². The minimum atomic E-state index is -1.10. The van der Waals surface area contributed by atoms with Crippen molar-refractivity contribution in [3.8, 4) is 5.75 Å². The normalized spacial score (nSPS) is 9.76. The van der Waals surface area contributed by atoms with E-state index in [9.17, 15) is 9.59 Å². The second-order valence-electron chi connectivity index (χ2n) is 3.76. The van der Waals surface area contributed by atoms with Crippen LogP contribution in [0.5, 0.6) is 5.75 Å². The summed E-state index contributed by atoms with van der Waals surface area (Å²) < 4.78 is 5.09. The highest BCUT2D eigenvalue weighted by Gasteiger charge is 2.14. The molecular weight excluding hydrogens is 220 g/mol. The van der Waals surface area contributed by atoms with E-state index in [1.807, 2.05) is 19.9 Å². The van der Waals surface area contributed by atoms with Crippen molar-refractivity contribution >= 4 is 11.9 Å². The standard InChI is InChI=1S/C13H14O4/c1-8-5-4-6-11(10(8)3)17-13(16)9(2)7-12(14)15/h4-6H,2,7H2,1,3H3,(H,14,15). The van der Waals surface area contributed by atoms with Crippen LogP contribution in [-0.2, 0) is 9.59 Å². The third kappa shape index (κ3) is 3.45. The highest BCUT2D eigenvalue weighted by atomic mass is 16.5. The van der Waals surface area contributed by atoms with Gasteiger partial charge < -0.3 is 9.84 Å². The quantitative estimate of drug-likeness (QED) is 0.493. The maximum atomic E-state index is 11.5. The summed E-state index contributed by atoms with van der Waals surface area (Å²) in [6.07, 6.45) is -0.413. The highest BCUT2D eigenvalue weighted by molar-refractivity contribution is 5.94. The molecule has 1 N–H and O–H groups in total. The van der Waals surface area contributed by atoms with Crippen LogP contribution in [-0.4, -0.2) is 17.0 Å². The third-order valence-corrected chi connectivity index (χ3v) is 2.41. The average molecular weight is 234 g/mol. The van der Waals surface area contributed by atoms with Crippen LogP contribution < -0.4 is 4.74 Å². The fourth-order valence-corrected chi connectivity index (χ4v) is 1.26. The van der Waals surface area contributed by atoms with Gasteiger partial charge >= 0.3 is 11.9 Å². The zero-order valence-electron chi connectivity index (χ0n) is 9.82. The van der Waals surface area contributed by atoms with Crippen molar-refractivity contribution in [3.05, 3.63) is 41.5 Å². The number of carboxylic acids is 1. The van der Waals surface area contributed by atoms with E-state index in [4.69, 9.17) is 9.84 Å². The van der Waals surface area contributed by atoms with Gasteiger partial charge in [-0.2, -0.15) is 0 Å². The molecule has 0 atom stereocenters. The monoisotopic (exact) mass is 234 g/mol. The number of aliphatic carboxylic acids is 1. The minimum absolute atomic E-state index is 0.0709. The number of ether oxygens (including phenoxy) is 1. The van der Waals surface area contributed by atoms with Crippen LogP contribution in [0.1, 0.15) is 17.5 Å². The summed E-state index contributed by atoms with van der Waals surface area (Å²) in [5.74, 6) is -1.38. The molecule has 0 saturated heterocycles. The topological polar surface area (TPSA) is 63.6 Å². The Morgan fingerprint density at radius 3 is 2.59 bits per heavy atom. The molecule has 17 heavy (non-hydrogen) atoms. The lowest BCUT2D eigenvalue weighted by atomic mass is 10.1. The van der Waals surface area contributed by atoms with Gasteiger partial charge in [0, 0.05) is 5.57 Å². The van der Waals surface area contributed by atoms with Gasteiger partial charge in [-0.15, -0.1) is 0 Å². The highest BCUT2D eigenvalue weighted by Crippen LogP contribution is 2.21. The molecule has 0 fully saturated rings. The Morgan fingerprint density at radius 2 is 2.00 bits per heavy atom. The van der Waals surface area contributed by atoms with E-state index in [1.165, 1.54) is 0 Å². The van der Waals surface area contributed by atoms with Gasteiger partial charge in [0.05, 0.1) is 6.42 Å². The summed E-state index contributed by atoms with van der Waals surface area (Å²) in [6.45, 7) is 7.12. The smallest absolute Gasteiger partial charge is 0.339 e. The molecule has 0 heterocycles. The fraction of sp³-hybridized carbons (Fsp3) is 0.231. The average Bonchev–Trinajstić information content (AvgIpc) is 2.23. The Morgan fingerprint density at radius 1 is 1.35 bits per heavy atom. The maximum Gasteiger partial charge on any atom is 0.339 e. The van der Waals surface area contributed by atoms with Crippen LogP contribution in [0, 0.1) is 13.8 Å². The molecule has 90 valence electrons. The van der Waals surface area contributed by atoms with Crippen molar-refractivity contribution in [2.24, 2.45) is 0 Å². The van der Waals surface area contributed by atoms with Crippen molar-refractivity contribution in [3.63, 3.8) is 0 Å². The van der Waals surface area contributed by atoms with Crippen molar-refractivity contribution in [1.29, 1.82) is 0 Å². The van der Waals surface area contributed by atoms with E-state index >= 15 is 0 Å². The van der Waals surface area contributed by atoms with E-state index in [0.717, 1.165) is 11.1 Å². The number of esters is 1. The summed E-state index contributed by atoms with van der Waals surface area (Å²) in [4.78, 5) is 21.9. The van der Waals surface area contributed by atoms with Crippen LogP contribution in [0.25, 0.3) is 0 Å². The number of hydrogen-bond acceptors (Lipinski definition) is 3. The molecule has 1 aromatic rings. The maximum absolute atomic E-state index is 11.5. The van der Waals surface area contributed by atoms with Gasteiger partial charge in [-0.1, -0.05) is 18.7 Å². The Labute approximate surface area is 99.5 Å². The van der Waals surface area contributed by atoms with Gasteiger partial charge in [-0.3, -0.25) is 4.79 Å². The Kier molecular flexibility index (Phi) is 4.04. The lowest BCUT2D eigenvalue weighted by molar-refractivity contribution is -0.138. The molecule has 0 unspecified atom stereocenters. The van der Waals surface area contributed by atoms with Gasteiger partial charge in [-0.25, -0.2) is 4.79 Å². The number of benzene rings is 1. The molecule has 0 aliphatic carbocycles. The first-order valence-electron chi connectivity index (χ1n) is 5.09. The predicted octanol–water partition coefficient (Wildman–Crippen LogP) is 2.24. The summed E-state index contributed by atoms with van der Waals surface area (Å²) in [7, 11) is 0. The van der Waals surface area contributed by atoms with E-state index in [-0.39, 0.29) is 5.57 Å². The van der Waals surface area contributed by atoms with Gasteiger partial charge in [0.15, 0.2) is 0 Å².